The fourth-order valence-electron chi connectivity index (χ4n) is 1.27. The van der Waals surface area contributed by atoms with E-state index in [4.69, 9.17) is 5.73 Å². The summed E-state index contributed by atoms with van der Waals surface area (Å²) in [7, 11) is 0. The summed E-state index contributed by atoms with van der Waals surface area (Å²) in [6.45, 7) is 6.14. The van der Waals surface area contributed by atoms with E-state index in [0.717, 1.165) is 32.6 Å². The molecule has 3 nitrogen and oxygen atoms in total. The standard InChI is InChI=1S/C8H17N3/c1-2-10-7-4-8-11(10)6-3-5-9/h4,8H,2-3,5-7,9H2,1H3. The van der Waals surface area contributed by atoms with Crippen LogP contribution in [-0.2, 0) is 0 Å². The van der Waals surface area contributed by atoms with E-state index < -0.39 is 0 Å². The molecule has 64 valence electrons. The molecule has 0 unspecified atom stereocenters. The van der Waals surface area contributed by atoms with E-state index >= 15 is 0 Å². The van der Waals surface area contributed by atoms with Gasteiger partial charge in [0.2, 0.25) is 0 Å². The lowest BCUT2D eigenvalue weighted by Gasteiger charge is -2.27. The minimum Gasteiger partial charge on any atom is -0.330 e. The number of hydrogen-bond acceptors (Lipinski definition) is 3. The van der Waals surface area contributed by atoms with Crippen molar-refractivity contribution in [3.63, 3.8) is 0 Å². The number of nitrogens with zero attached hydrogens (tertiary/aromatic N) is 2. The van der Waals surface area contributed by atoms with Crippen LogP contribution < -0.4 is 5.73 Å². The van der Waals surface area contributed by atoms with Crippen molar-refractivity contribution in [3.8, 4) is 0 Å². The van der Waals surface area contributed by atoms with Crippen molar-refractivity contribution in [3.05, 3.63) is 12.3 Å². The Balaban J connectivity index is 2.25. The SMILES string of the molecule is CCN1CC=CN1CCCN. The average Bonchev–Trinajstić information content (AvgIpc) is 2.47. The lowest BCUT2D eigenvalue weighted by Crippen LogP contribution is -2.36. The number of rotatable bonds is 4. The van der Waals surface area contributed by atoms with E-state index in [1.807, 2.05) is 0 Å². The second-order valence-electron chi connectivity index (χ2n) is 2.70. The molecule has 1 rings (SSSR count). The molecule has 0 aliphatic carbocycles. The van der Waals surface area contributed by atoms with Gasteiger partial charge in [-0.1, -0.05) is 13.0 Å². The molecule has 0 aromatic rings. The molecular weight excluding hydrogens is 138 g/mol. The second kappa shape index (κ2) is 4.36. The van der Waals surface area contributed by atoms with Crippen LogP contribution in [0.1, 0.15) is 13.3 Å². The summed E-state index contributed by atoms with van der Waals surface area (Å²) in [6, 6.07) is 0. The van der Waals surface area contributed by atoms with Crippen LogP contribution in [0, 0.1) is 0 Å². The van der Waals surface area contributed by atoms with Gasteiger partial charge in [0, 0.05) is 25.8 Å². The lowest BCUT2D eigenvalue weighted by atomic mass is 10.4. The van der Waals surface area contributed by atoms with E-state index in [9.17, 15) is 0 Å². The maximum Gasteiger partial charge on any atom is 0.0378 e. The fraction of sp³-hybridized carbons (Fsp3) is 0.750. The van der Waals surface area contributed by atoms with Crippen molar-refractivity contribution in [1.82, 2.24) is 10.0 Å². The summed E-state index contributed by atoms with van der Waals surface area (Å²) in [5.41, 5.74) is 5.42. The van der Waals surface area contributed by atoms with Gasteiger partial charge in [-0.3, -0.25) is 0 Å². The van der Waals surface area contributed by atoms with Gasteiger partial charge in [-0.05, 0) is 13.0 Å². The Morgan fingerprint density at radius 3 is 3.00 bits per heavy atom. The third kappa shape index (κ3) is 2.20. The zero-order valence-electron chi connectivity index (χ0n) is 7.16. The molecule has 0 aromatic heterocycles. The Labute approximate surface area is 68.4 Å². The van der Waals surface area contributed by atoms with Crippen LogP contribution >= 0.6 is 0 Å². The van der Waals surface area contributed by atoms with Crippen molar-refractivity contribution < 1.29 is 0 Å². The Morgan fingerprint density at radius 2 is 2.36 bits per heavy atom. The summed E-state index contributed by atoms with van der Waals surface area (Å²) in [5, 5.41) is 4.54. The molecule has 0 saturated heterocycles. The van der Waals surface area contributed by atoms with Gasteiger partial charge in [-0.2, -0.15) is 0 Å². The van der Waals surface area contributed by atoms with Gasteiger partial charge in [-0.25, -0.2) is 5.01 Å². The first-order chi connectivity index (χ1) is 5.38. The molecule has 1 aliphatic rings. The predicted molar refractivity (Wildman–Crippen MR) is 46.8 cm³/mol. The molecule has 0 aromatic carbocycles. The topological polar surface area (TPSA) is 32.5 Å². The highest BCUT2D eigenvalue weighted by Gasteiger charge is 2.11. The number of hydrazine groups is 1. The molecule has 0 bridgehead atoms. The number of hydrogen-bond donors (Lipinski definition) is 1. The molecular formula is C8H17N3. The van der Waals surface area contributed by atoms with Gasteiger partial charge in [0.05, 0.1) is 0 Å². The Kier molecular flexibility index (Phi) is 3.39. The lowest BCUT2D eigenvalue weighted by molar-refractivity contribution is 0.0578. The van der Waals surface area contributed by atoms with Gasteiger partial charge < -0.3 is 10.7 Å². The minimum absolute atomic E-state index is 0.780. The molecule has 3 heteroatoms. The molecule has 0 radical (unpaired) electrons. The highest BCUT2D eigenvalue weighted by atomic mass is 15.6. The largest absolute Gasteiger partial charge is 0.330 e. The summed E-state index contributed by atoms with van der Waals surface area (Å²) in [4.78, 5) is 0. The van der Waals surface area contributed by atoms with Gasteiger partial charge in [0.1, 0.15) is 0 Å². The Hall–Kier alpha value is -0.540. The molecule has 11 heavy (non-hydrogen) atoms. The van der Waals surface area contributed by atoms with Crippen LogP contribution in [0.15, 0.2) is 12.3 Å². The van der Waals surface area contributed by atoms with Crippen molar-refractivity contribution in [1.29, 1.82) is 0 Å². The van der Waals surface area contributed by atoms with Gasteiger partial charge in [-0.15, -0.1) is 0 Å². The summed E-state index contributed by atoms with van der Waals surface area (Å²) < 4.78 is 0. The van der Waals surface area contributed by atoms with Crippen LogP contribution in [0.4, 0.5) is 0 Å². The van der Waals surface area contributed by atoms with Crippen LogP contribution in [0.3, 0.4) is 0 Å². The van der Waals surface area contributed by atoms with Crippen LogP contribution in [-0.4, -0.2) is 36.2 Å². The summed E-state index contributed by atoms with van der Waals surface area (Å²) in [5.74, 6) is 0. The minimum atomic E-state index is 0.780. The van der Waals surface area contributed by atoms with E-state index in [0.29, 0.717) is 0 Å². The van der Waals surface area contributed by atoms with Crippen molar-refractivity contribution in [2.24, 2.45) is 5.73 Å². The first-order valence-electron chi connectivity index (χ1n) is 4.26. The van der Waals surface area contributed by atoms with E-state index in [1.165, 1.54) is 0 Å². The molecule has 0 spiro atoms. The zero-order valence-corrected chi connectivity index (χ0v) is 7.16. The van der Waals surface area contributed by atoms with Crippen LogP contribution in [0.25, 0.3) is 0 Å². The quantitative estimate of drug-likeness (QED) is 0.638. The van der Waals surface area contributed by atoms with E-state index in [2.05, 4.69) is 29.2 Å². The third-order valence-electron chi connectivity index (χ3n) is 1.91. The molecule has 0 amide bonds. The van der Waals surface area contributed by atoms with Crippen molar-refractivity contribution >= 4 is 0 Å². The van der Waals surface area contributed by atoms with E-state index in [-0.39, 0.29) is 0 Å². The highest BCUT2D eigenvalue weighted by molar-refractivity contribution is 4.90. The number of likely N-dealkylation sites (N-methyl/N-ethyl adjacent to an activating group) is 1. The second-order valence-corrected chi connectivity index (χ2v) is 2.70. The summed E-state index contributed by atoms with van der Waals surface area (Å²) >= 11 is 0. The predicted octanol–water partition coefficient (Wildman–Crippen LogP) is 0.401. The van der Waals surface area contributed by atoms with E-state index in [1.54, 1.807) is 0 Å². The van der Waals surface area contributed by atoms with Gasteiger partial charge in [0.15, 0.2) is 0 Å². The monoisotopic (exact) mass is 155 g/mol. The summed E-state index contributed by atoms with van der Waals surface area (Å²) in [6.07, 6.45) is 5.39. The Morgan fingerprint density at radius 1 is 1.55 bits per heavy atom. The third-order valence-corrected chi connectivity index (χ3v) is 1.91. The average molecular weight is 155 g/mol. The molecule has 0 saturated carbocycles. The fourth-order valence-corrected chi connectivity index (χ4v) is 1.27. The zero-order chi connectivity index (χ0) is 8.10. The molecule has 1 aliphatic heterocycles. The van der Waals surface area contributed by atoms with Crippen molar-refractivity contribution in [2.75, 3.05) is 26.2 Å². The molecule has 0 fully saturated rings. The molecule has 2 N–H and O–H groups in total. The normalized spacial score (nSPS) is 18.2. The number of nitrogens with two attached hydrogens (primary N) is 1. The maximum atomic E-state index is 5.42. The van der Waals surface area contributed by atoms with Crippen LogP contribution in [0.5, 0.6) is 0 Å². The van der Waals surface area contributed by atoms with Crippen LogP contribution in [0.2, 0.25) is 0 Å². The smallest absolute Gasteiger partial charge is 0.0378 e. The van der Waals surface area contributed by atoms with Gasteiger partial charge >= 0.3 is 0 Å². The van der Waals surface area contributed by atoms with Gasteiger partial charge in [0.25, 0.3) is 0 Å². The molecule has 1 heterocycles. The first kappa shape index (κ1) is 8.56. The maximum absolute atomic E-state index is 5.42. The first-order valence-corrected chi connectivity index (χ1v) is 4.26. The van der Waals surface area contributed by atoms with Crippen molar-refractivity contribution in [2.45, 2.75) is 13.3 Å². The highest BCUT2D eigenvalue weighted by Crippen LogP contribution is 2.06. The Bertz CT molecular complexity index is 133. The molecule has 0 atom stereocenters.